The summed E-state index contributed by atoms with van der Waals surface area (Å²) in [6.07, 6.45) is 0. The summed E-state index contributed by atoms with van der Waals surface area (Å²) < 4.78 is 4.89. The van der Waals surface area contributed by atoms with Gasteiger partial charge in [-0.15, -0.1) is 0 Å². The zero-order valence-corrected chi connectivity index (χ0v) is 8.72. The van der Waals surface area contributed by atoms with Crippen LogP contribution in [0.25, 0.3) is 0 Å². The second kappa shape index (κ2) is 5.55. The van der Waals surface area contributed by atoms with Gasteiger partial charge in [-0.1, -0.05) is 15.9 Å². The predicted molar refractivity (Wildman–Crippen MR) is 47.9 cm³/mol. The third-order valence-electron chi connectivity index (χ3n) is 0.919. The molecule has 0 aromatic carbocycles. The number of nitrogens with zero attached hydrogens (tertiary/aromatic N) is 1. The van der Waals surface area contributed by atoms with Gasteiger partial charge in [0.2, 0.25) is 0 Å². The Morgan fingerprint density at radius 1 is 1.64 bits per heavy atom. The standard InChI is InChI=1S/C7H14BrNO2/c1-6(8)5-11-7(10)4-9(2)3/h6H,4-5H2,1-3H3. The molecule has 0 aromatic heterocycles. The lowest BCUT2D eigenvalue weighted by molar-refractivity contribution is -0.144. The quantitative estimate of drug-likeness (QED) is 0.524. The summed E-state index contributed by atoms with van der Waals surface area (Å²) in [5.41, 5.74) is 0. The number of carbonyl (C=O) groups is 1. The van der Waals surface area contributed by atoms with Gasteiger partial charge in [0, 0.05) is 4.83 Å². The number of hydrogen-bond donors (Lipinski definition) is 0. The first-order valence-corrected chi connectivity index (χ1v) is 4.38. The van der Waals surface area contributed by atoms with Crippen molar-refractivity contribution in [3.05, 3.63) is 0 Å². The molecule has 1 atom stereocenters. The topological polar surface area (TPSA) is 29.5 Å². The van der Waals surface area contributed by atoms with Gasteiger partial charge in [0.1, 0.15) is 6.61 Å². The lowest BCUT2D eigenvalue weighted by atomic mass is 10.5. The van der Waals surface area contributed by atoms with Crippen molar-refractivity contribution < 1.29 is 9.53 Å². The van der Waals surface area contributed by atoms with E-state index >= 15 is 0 Å². The van der Waals surface area contributed by atoms with E-state index in [0.29, 0.717) is 13.2 Å². The Balaban J connectivity index is 3.38. The molecule has 3 nitrogen and oxygen atoms in total. The number of esters is 1. The summed E-state index contributed by atoms with van der Waals surface area (Å²) >= 11 is 3.28. The molecule has 0 fully saturated rings. The van der Waals surface area contributed by atoms with E-state index in [9.17, 15) is 4.79 Å². The number of carbonyl (C=O) groups excluding carboxylic acids is 1. The maximum Gasteiger partial charge on any atom is 0.320 e. The van der Waals surface area contributed by atoms with Crippen molar-refractivity contribution in [2.75, 3.05) is 27.2 Å². The van der Waals surface area contributed by atoms with Gasteiger partial charge in [-0.2, -0.15) is 0 Å². The fourth-order valence-electron chi connectivity index (χ4n) is 0.512. The Bertz CT molecular complexity index is 126. The monoisotopic (exact) mass is 223 g/mol. The van der Waals surface area contributed by atoms with E-state index in [1.54, 1.807) is 4.90 Å². The summed E-state index contributed by atoms with van der Waals surface area (Å²) in [4.78, 5) is 12.9. The molecule has 0 amide bonds. The molecule has 0 saturated heterocycles. The van der Waals surface area contributed by atoms with Gasteiger partial charge >= 0.3 is 5.97 Å². The highest BCUT2D eigenvalue weighted by Crippen LogP contribution is 1.97. The number of hydrogen-bond acceptors (Lipinski definition) is 3. The zero-order valence-electron chi connectivity index (χ0n) is 7.13. The molecule has 0 spiro atoms. The van der Waals surface area contributed by atoms with E-state index in [1.165, 1.54) is 0 Å². The van der Waals surface area contributed by atoms with Gasteiger partial charge in [0.05, 0.1) is 6.54 Å². The van der Waals surface area contributed by atoms with E-state index in [1.807, 2.05) is 21.0 Å². The molecule has 0 aliphatic carbocycles. The van der Waals surface area contributed by atoms with Crippen LogP contribution < -0.4 is 0 Å². The van der Waals surface area contributed by atoms with Gasteiger partial charge in [-0.25, -0.2) is 0 Å². The fraction of sp³-hybridized carbons (Fsp3) is 0.857. The van der Waals surface area contributed by atoms with Crippen molar-refractivity contribution in [1.82, 2.24) is 4.90 Å². The largest absolute Gasteiger partial charge is 0.464 e. The van der Waals surface area contributed by atoms with Crippen LogP contribution in [0.15, 0.2) is 0 Å². The number of alkyl halides is 1. The Morgan fingerprint density at radius 2 is 2.18 bits per heavy atom. The van der Waals surface area contributed by atoms with E-state index in [-0.39, 0.29) is 10.8 Å². The highest BCUT2D eigenvalue weighted by atomic mass is 79.9. The first kappa shape index (κ1) is 10.9. The van der Waals surface area contributed by atoms with Crippen LogP contribution in [0.4, 0.5) is 0 Å². The first-order chi connectivity index (χ1) is 5.02. The van der Waals surface area contributed by atoms with Gasteiger partial charge < -0.3 is 4.74 Å². The molecule has 0 radical (unpaired) electrons. The highest BCUT2D eigenvalue weighted by molar-refractivity contribution is 9.09. The molecule has 4 heteroatoms. The van der Waals surface area contributed by atoms with Crippen LogP contribution in [-0.4, -0.2) is 42.9 Å². The van der Waals surface area contributed by atoms with E-state index in [4.69, 9.17) is 4.74 Å². The summed E-state index contributed by atoms with van der Waals surface area (Å²) in [6.45, 7) is 2.72. The first-order valence-electron chi connectivity index (χ1n) is 3.46. The van der Waals surface area contributed by atoms with Crippen LogP contribution in [0.3, 0.4) is 0 Å². The van der Waals surface area contributed by atoms with E-state index < -0.39 is 0 Å². The van der Waals surface area contributed by atoms with E-state index in [0.717, 1.165) is 0 Å². The number of halogens is 1. The molecule has 0 heterocycles. The minimum absolute atomic E-state index is 0.179. The molecule has 0 rings (SSSR count). The van der Waals surface area contributed by atoms with Crippen molar-refractivity contribution in [2.24, 2.45) is 0 Å². The highest BCUT2D eigenvalue weighted by Gasteiger charge is 2.05. The number of likely N-dealkylation sites (N-methyl/N-ethyl adjacent to an activating group) is 1. The summed E-state index contributed by atoms with van der Waals surface area (Å²) in [5, 5.41) is 0. The predicted octanol–water partition coefficient (Wildman–Crippen LogP) is 0.875. The Kier molecular flexibility index (Phi) is 5.50. The van der Waals surface area contributed by atoms with Gasteiger partial charge in [-0.05, 0) is 21.0 Å². The summed E-state index contributed by atoms with van der Waals surface area (Å²) in [5.74, 6) is -0.179. The van der Waals surface area contributed by atoms with Gasteiger partial charge in [0.15, 0.2) is 0 Å². The summed E-state index contributed by atoms with van der Waals surface area (Å²) in [7, 11) is 3.66. The molecule has 0 aliphatic heterocycles. The molecular formula is C7H14BrNO2. The van der Waals surface area contributed by atoms with Crippen LogP contribution in [0.1, 0.15) is 6.92 Å². The van der Waals surface area contributed by atoms with Crippen LogP contribution in [0, 0.1) is 0 Å². The Hall–Kier alpha value is -0.0900. The summed E-state index contributed by atoms with van der Waals surface area (Å²) in [6, 6.07) is 0. The van der Waals surface area contributed by atoms with Crippen LogP contribution in [-0.2, 0) is 9.53 Å². The smallest absolute Gasteiger partial charge is 0.320 e. The lowest BCUT2D eigenvalue weighted by Gasteiger charge is -2.09. The fourth-order valence-corrected chi connectivity index (χ4v) is 0.644. The molecule has 0 aliphatic rings. The lowest BCUT2D eigenvalue weighted by Crippen LogP contribution is -2.25. The van der Waals surface area contributed by atoms with Crippen molar-refractivity contribution in [2.45, 2.75) is 11.8 Å². The SMILES string of the molecule is CC(Br)COC(=O)CN(C)C. The molecule has 66 valence electrons. The normalized spacial score (nSPS) is 13.2. The third-order valence-corrected chi connectivity index (χ3v) is 1.18. The average Bonchev–Trinajstić information content (AvgIpc) is 1.82. The molecule has 0 aromatic rings. The molecule has 1 unspecified atom stereocenters. The van der Waals surface area contributed by atoms with Crippen LogP contribution >= 0.6 is 15.9 Å². The maximum atomic E-state index is 10.9. The minimum atomic E-state index is -0.179. The van der Waals surface area contributed by atoms with Crippen LogP contribution in [0.5, 0.6) is 0 Å². The molecule has 0 bridgehead atoms. The van der Waals surface area contributed by atoms with E-state index in [2.05, 4.69) is 15.9 Å². The number of rotatable bonds is 4. The maximum absolute atomic E-state index is 10.9. The van der Waals surface area contributed by atoms with Gasteiger partial charge in [-0.3, -0.25) is 9.69 Å². The molecular weight excluding hydrogens is 210 g/mol. The second-order valence-corrected chi connectivity index (χ2v) is 4.26. The van der Waals surface area contributed by atoms with Crippen molar-refractivity contribution in [1.29, 1.82) is 0 Å². The van der Waals surface area contributed by atoms with Crippen molar-refractivity contribution >= 4 is 21.9 Å². The third kappa shape index (κ3) is 7.81. The Morgan fingerprint density at radius 3 is 2.55 bits per heavy atom. The Labute approximate surface area is 75.8 Å². The molecule has 0 N–H and O–H groups in total. The van der Waals surface area contributed by atoms with Crippen LogP contribution in [0.2, 0.25) is 0 Å². The number of ether oxygens (including phenoxy) is 1. The minimum Gasteiger partial charge on any atom is -0.464 e. The zero-order chi connectivity index (χ0) is 8.85. The molecule has 11 heavy (non-hydrogen) atoms. The van der Waals surface area contributed by atoms with Crippen molar-refractivity contribution in [3.8, 4) is 0 Å². The second-order valence-electron chi connectivity index (χ2n) is 2.70. The average molecular weight is 224 g/mol. The van der Waals surface area contributed by atoms with Crippen molar-refractivity contribution in [3.63, 3.8) is 0 Å². The van der Waals surface area contributed by atoms with Gasteiger partial charge in [0.25, 0.3) is 0 Å². The molecule has 0 saturated carbocycles.